The number of pyridine rings is 1. The Morgan fingerprint density at radius 3 is 2.59 bits per heavy atom. The third-order valence-corrected chi connectivity index (χ3v) is 4.39. The van der Waals surface area contributed by atoms with Gasteiger partial charge in [0.05, 0.1) is 12.7 Å². The van der Waals surface area contributed by atoms with Gasteiger partial charge in [0.25, 0.3) is 12.2 Å². The molecule has 4 rings (SSSR count). The second kappa shape index (κ2) is 11.3. The number of nitrogens with one attached hydrogen (secondary N) is 1. The van der Waals surface area contributed by atoms with Crippen LogP contribution in [0.1, 0.15) is 42.4 Å². The topological polar surface area (TPSA) is 94.5 Å². The molecular weight excluding hydrogens is 370 g/mol. The molecule has 29 heavy (non-hydrogen) atoms. The average molecular weight is 403 g/mol. The maximum absolute atomic E-state index is 12.0. The largest absolute Gasteiger partial charge is 0.397 e. The number of amides is 1. The molecule has 0 bridgehead atoms. The average Bonchev–Trinajstić information content (AvgIpc) is 3.44. The Kier molecular flexibility index (Phi) is 8.82. The summed E-state index contributed by atoms with van der Waals surface area (Å²) in [5.74, 6) is -0.0436. The highest BCUT2D eigenvalue weighted by molar-refractivity contribution is 5.93. The van der Waals surface area contributed by atoms with E-state index in [1.807, 2.05) is 19.2 Å². The normalized spacial score (nSPS) is 15.9. The van der Waals surface area contributed by atoms with E-state index in [9.17, 15) is 4.79 Å². The lowest BCUT2D eigenvalue weighted by Gasteiger charge is -2.21. The molecular formula is C21H32N5O3+. The fourth-order valence-corrected chi connectivity index (χ4v) is 2.67. The van der Waals surface area contributed by atoms with Gasteiger partial charge in [0.1, 0.15) is 11.9 Å². The molecule has 8 nitrogen and oxygen atoms in total. The summed E-state index contributed by atoms with van der Waals surface area (Å²) in [5.41, 5.74) is 2.72. The van der Waals surface area contributed by atoms with Crippen LogP contribution >= 0.6 is 0 Å². The first-order valence-corrected chi connectivity index (χ1v) is 9.92. The minimum absolute atomic E-state index is 0.0436. The summed E-state index contributed by atoms with van der Waals surface area (Å²) in [7, 11) is 3.95. The van der Waals surface area contributed by atoms with Crippen LogP contribution in [0.3, 0.4) is 0 Å². The smallest absolute Gasteiger partial charge is 0.283 e. The van der Waals surface area contributed by atoms with Crippen LogP contribution in [0.25, 0.3) is 5.57 Å². The molecule has 0 spiro atoms. The number of hydrogen-bond acceptors (Lipinski definition) is 5. The lowest BCUT2D eigenvalue weighted by molar-refractivity contribution is -0.672. The maximum Gasteiger partial charge on any atom is 0.283 e. The summed E-state index contributed by atoms with van der Waals surface area (Å²) in [6.45, 7) is 3.93. The highest BCUT2D eigenvalue weighted by atomic mass is 16.5. The number of aryl methyl sites for hydroxylation is 1. The van der Waals surface area contributed by atoms with Crippen molar-refractivity contribution in [2.45, 2.75) is 32.2 Å². The zero-order valence-corrected chi connectivity index (χ0v) is 17.5. The van der Waals surface area contributed by atoms with Gasteiger partial charge in [-0.3, -0.25) is 4.79 Å². The number of hydrogen-bond donors (Lipinski definition) is 3. The van der Waals surface area contributed by atoms with E-state index >= 15 is 0 Å². The van der Waals surface area contributed by atoms with Gasteiger partial charge in [0.2, 0.25) is 0 Å². The Morgan fingerprint density at radius 1 is 1.38 bits per heavy atom. The summed E-state index contributed by atoms with van der Waals surface area (Å²) in [5, 5.41) is 19.1. The van der Waals surface area contributed by atoms with Crippen molar-refractivity contribution in [1.29, 1.82) is 0 Å². The molecule has 1 aliphatic carbocycles. The number of nitrogens with zero attached hydrogens (tertiary/aromatic N) is 4. The third kappa shape index (κ3) is 8.05. The molecule has 3 heterocycles. The lowest BCUT2D eigenvalue weighted by Crippen LogP contribution is -2.27. The number of aliphatic hydroxyl groups excluding tert-OH is 1. The quantitative estimate of drug-likeness (QED) is 0.531. The van der Waals surface area contributed by atoms with Gasteiger partial charge < -0.3 is 20.5 Å². The summed E-state index contributed by atoms with van der Waals surface area (Å²) in [6.07, 6.45) is 10.3. The van der Waals surface area contributed by atoms with Crippen LogP contribution in [0.4, 0.5) is 0 Å². The minimum Gasteiger partial charge on any atom is -0.397 e. The first-order valence-electron chi connectivity index (χ1n) is 9.92. The number of imidazole rings is 1. The van der Waals surface area contributed by atoms with Crippen LogP contribution in [0, 0.1) is 0 Å². The number of carbonyl (C=O) groups is 1. The van der Waals surface area contributed by atoms with Crippen molar-refractivity contribution in [3.05, 3.63) is 54.4 Å². The van der Waals surface area contributed by atoms with E-state index in [4.69, 9.17) is 10.3 Å². The maximum atomic E-state index is 12.0. The van der Waals surface area contributed by atoms with Crippen molar-refractivity contribution in [2.24, 2.45) is 7.05 Å². The molecule has 1 fully saturated rings. The van der Waals surface area contributed by atoms with Crippen LogP contribution < -0.4 is 9.88 Å². The van der Waals surface area contributed by atoms with Crippen LogP contribution in [-0.4, -0.2) is 63.6 Å². The molecule has 2 aromatic heterocycles. The Bertz CT molecular complexity index is 798. The molecule has 1 amide bonds. The molecule has 0 radical (unpaired) electrons. The summed E-state index contributed by atoms with van der Waals surface area (Å²) in [4.78, 5) is 18.8. The van der Waals surface area contributed by atoms with Crippen molar-refractivity contribution in [2.75, 3.05) is 26.7 Å². The summed E-state index contributed by atoms with van der Waals surface area (Å²) < 4.78 is 2.75. The predicted octanol–water partition coefficient (Wildman–Crippen LogP) is 1.24. The molecule has 0 saturated heterocycles. The Morgan fingerprint density at radius 2 is 2.10 bits per heavy atom. The first kappa shape index (κ1) is 22.6. The fraction of sp³-hybridized carbons (Fsp3) is 0.476. The molecule has 3 N–H and O–H groups in total. The number of aliphatic hydroxyl groups is 1. The third-order valence-electron chi connectivity index (χ3n) is 4.39. The molecule has 2 aromatic rings. The number of aromatic nitrogens is 3. The number of likely N-dealkylation sites (N-methyl/N-ethyl adjacent to an activating group) is 1. The highest BCUT2D eigenvalue weighted by Gasteiger charge is 2.24. The van der Waals surface area contributed by atoms with E-state index < -0.39 is 0 Å². The van der Waals surface area contributed by atoms with Gasteiger partial charge in [-0.25, -0.2) is 9.55 Å². The highest BCUT2D eigenvalue weighted by Crippen LogP contribution is 2.21. The predicted molar refractivity (Wildman–Crippen MR) is 110 cm³/mol. The zero-order valence-electron chi connectivity index (χ0n) is 17.5. The van der Waals surface area contributed by atoms with E-state index in [1.54, 1.807) is 36.3 Å². The summed E-state index contributed by atoms with van der Waals surface area (Å²) >= 11 is 0. The van der Waals surface area contributed by atoms with Crippen molar-refractivity contribution < 1.29 is 19.7 Å². The molecule has 2 aliphatic rings. The van der Waals surface area contributed by atoms with Gasteiger partial charge in [0.15, 0.2) is 6.20 Å². The van der Waals surface area contributed by atoms with Crippen molar-refractivity contribution >= 4 is 11.5 Å². The summed E-state index contributed by atoms with van der Waals surface area (Å²) in [6, 6.07) is 6.07. The number of rotatable bonds is 3. The fourth-order valence-electron chi connectivity index (χ4n) is 2.67. The van der Waals surface area contributed by atoms with Crippen molar-refractivity contribution in [3.63, 3.8) is 0 Å². The van der Waals surface area contributed by atoms with E-state index in [2.05, 4.69) is 28.3 Å². The van der Waals surface area contributed by atoms with Gasteiger partial charge in [0, 0.05) is 25.7 Å². The monoisotopic (exact) mass is 402 g/mol. The van der Waals surface area contributed by atoms with Crippen molar-refractivity contribution in [3.8, 4) is 0 Å². The van der Waals surface area contributed by atoms with E-state index in [0.29, 0.717) is 11.7 Å². The van der Waals surface area contributed by atoms with Gasteiger partial charge in [-0.05, 0) is 50.9 Å². The van der Waals surface area contributed by atoms with Gasteiger partial charge >= 0.3 is 0 Å². The molecule has 8 heteroatoms. The Labute approximate surface area is 172 Å². The van der Waals surface area contributed by atoms with Crippen LogP contribution in [-0.2, 0) is 7.05 Å². The molecule has 0 aromatic carbocycles. The van der Waals surface area contributed by atoms with Crippen LogP contribution in [0.2, 0.25) is 0 Å². The molecule has 158 valence electrons. The lowest BCUT2D eigenvalue weighted by atomic mass is 10.0. The van der Waals surface area contributed by atoms with Crippen molar-refractivity contribution in [1.82, 2.24) is 19.9 Å². The SMILES string of the molecule is CCO.CN1CC=C(c2cccc(C(=O)NC3CC3)n2)CC1.C[n+]1ccn(O)c1. The van der Waals surface area contributed by atoms with Crippen LogP contribution in [0.5, 0.6) is 0 Å². The van der Waals surface area contributed by atoms with Gasteiger partial charge in [-0.15, -0.1) is 0 Å². The molecule has 0 atom stereocenters. The Hall–Kier alpha value is -2.71. The van der Waals surface area contributed by atoms with Crippen LogP contribution in [0.15, 0.2) is 43.0 Å². The van der Waals surface area contributed by atoms with E-state index in [-0.39, 0.29) is 12.5 Å². The second-order valence-electron chi connectivity index (χ2n) is 7.17. The minimum atomic E-state index is -0.0436. The molecule has 1 aliphatic heterocycles. The van der Waals surface area contributed by atoms with E-state index in [0.717, 1.165) is 42.8 Å². The number of carbonyl (C=O) groups excluding carboxylic acids is 1. The molecule has 1 saturated carbocycles. The van der Waals surface area contributed by atoms with E-state index in [1.165, 1.54) is 5.57 Å². The first-order chi connectivity index (χ1) is 13.9. The zero-order chi connectivity index (χ0) is 21.2. The second-order valence-corrected chi connectivity index (χ2v) is 7.17. The van der Waals surface area contributed by atoms with Gasteiger partial charge in [-0.2, -0.15) is 0 Å². The van der Waals surface area contributed by atoms with Gasteiger partial charge in [-0.1, -0.05) is 16.9 Å². The molecule has 0 unspecified atom stereocenters. The standard InChI is InChI=1S/C15H19N3O.C4H7N2O.C2H6O/c1-18-9-7-11(8-10-18)13-3-2-4-14(17-13)15(19)16-12-5-6-12;1-5-2-3-6(7)4-5;1-2-3/h2-4,7,12H,5-6,8-10H2,1H3,(H,16,19);2-4,7H,1H3;3H,2H2,1H3/q;+1;. The Balaban J connectivity index is 0.000000250.